The second kappa shape index (κ2) is 8.82. The number of aryl methyl sites for hydroxylation is 2. The molecule has 24 heavy (non-hydrogen) atoms. The molecule has 0 aromatic heterocycles. The average molecular weight is 328 g/mol. The van der Waals surface area contributed by atoms with E-state index < -0.39 is 0 Å². The summed E-state index contributed by atoms with van der Waals surface area (Å²) in [6.07, 6.45) is 0. The number of carbonyl (C=O) groups excluding carboxylic acids is 1. The van der Waals surface area contributed by atoms with Crippen LogP contribution in [0, 0.1) is 13.8 Å². The van der Waals surface area contributed by atoms with Gasteiger partial charge >= 0.3 is 6.03 Å². The van der Waals surface area contributed by atoms with E-state index in [2.05, 4.69) is 10.6 Å². The molecule has 0 saturated carbocycles. The second-order valence-electron chi connectivity index (χ2n) is 5.46. The molecule has 0 aliphatic rings. The minimum Gasteiger partial charge on any atom is -0.494 e. The lowest BCUT2D eigenvalue weighted by molar-refractivity contribution is 0.247. The van der Waals surface area contributed by atoms with Crippen molar-refractivity contribution in [1.82, 2.24) is 5.32 Å². The molecule has 0 heterocycles. The van der Waals surface area contributed by atoms with Crippen LogP contribution in [-0.4, -0.2) is 25.8 Å². The summed E-state index contributed by atoms with van der Waals surface area (Å²) in [6, 6.07) is 13.2. The van der Waals surface area contributed by atoms with Crippen LogP contribution in [0.4, 0.5) is 10.5 Å². The van der Waals surface area contributed by atoms with Gasteiger partial charge in [0.25, 0.3) is 0 Å². The van der Waals surface area contributed by atoms with Crippen LogP contribution in [0.1, 0.15) is 18.1 Å². The number of hydrogen-bond acceptors (Lipinski definition) is 3. The van der Waals surface area contributed by atoms with Crippen LogP contribution in [0.25, 0.3) is 0 Å². The van der Waals surface area contributed by atoms with Gasteiger partial charge in [0.05, 0.1) is 13.2 Å². The van der Waals surface area contributed by atoms with Gasteiger partial charge in [0, 0.05) is 11.8 Å². The predicted octanol–water partition coefficient (Wildman–Crippen LogP) is 3.90. The summed E-state index contributed by atoms with van der Waals surface area (Å²) in [5.41, 5.74) is 2.95. The van der Waals surface area contributed by atoms with Crippen LogP contribution in [0.5, 0.6) is 11.5 Å². The van der Waals surface area contributed by atoms with Crippen molar-refractivity contribution in [1.29, 1.82) is 0 Å². The normalized spacial score (nSPS) is 10.1. The quantitative estimate of drug-likeness (QED) is 0.758. The molecule has 0 saturated heterocycles. The van der Waals surface area contributed by atoms with Crippen molar-refractivity contribution in [3.8, 4) is 11.5 Å². The summed E-state index contributed by atoms with van der Waals surface area (Å²) in [6.45, 7) is 7.30. The highest BCUT2D eigenvalue weighted by Gasteiger charge is 2.04. The third kappa shape index (κ3) is 5.50. The Morgan fingerprint density at radius 1 is 1.04 bits per heavy atom. The number of benzene rings is 2. The molecule has 0 spiro atoms. The van der Waals surface area contributed by atoms with E-state index >= 15 is 0 Å². The van der Waals surface area contributed by atoms with Crippen LogP contribution in [0.15, 0.2) is 42.5 Å². The summed E-state index contributed by atoms with van der Waals surface area (Å²) in [5, 5.41) is 5.63. The van der Waals surface area contributed by atoms with Gasteiger partial charge in [-0.05, 0) is 50.1 Å². The van der Waals surface area contributed by atoms with Crippen LogP contribution in [-0.2, 0) is 0 Å². The molecule has 2 rings (SSSR count). The fourth-order valence-corrected chi connectivity index (χ4v) is 2.19. The first kappa shape index (κ1) is 17.7. The molecule has 0 aliphatic carbocycles. The SMILES string of the molecule is CCOc1cccc(OCCNC(=O)Nc2cc(C)ccc2C)c1. The van der Waals surface area contributed by atoms with Crippen LogP contribution in [0.2, 0.25) is 0 Å². The molecule has 2 amide bonds. The number of carbonyl (C=O) groups is 1. The minimum absolute atomic E-state index is 0.240. The number of urea groups is 1. The fraction of sp³-hybridized carbons (Fsp3) is 0.316. The molecule has 0 unspecified atom stereocenters. The van der Waals surface area contributed by atoms with Gasteiger partial charge in [-0.2, -0.15) is 0 Å². The smallest absolute Gasteiger partial charge is 0.319 e. The largest absolute Gasteiger partial charge is 0.494 e. The predicted molar refractivity (Wildman–Crippen MR) is 96.0 cm³/mol. The molecule has 0 bridgehead atoms. The number of nitrogens with one attached hydrogen (secondary N) is 2. The summed E-state index contributed by atoms with van der Waals surface area (Å²) in [7, 11) is 0. The first-order valence-corrected chi connectivity index (χ1v) is 8.06. The van der Waals surface area contributed by atoms with Crippen molar-refractivity contribution in [2.45, 2.75) is 20.8 Å². The van der Waals surface area contributed by atoms with Gasteiger partial charge in [0.15, 0.2) is 0 Å². The van der Waals surface area contributed by atoms with Crippen molar-refractivity contribution in [2.24, 2.45) is 0 Å². The van der Waals surface area contributed by atoms with E-state index in [1.165, 1.54) is 0 Å². The number of anilines is 1. The fourth-order valence-electron chi connectivity index (χ4n) is 2.19. The Hall–Kier alpha value is -2.69. The molecule has 5 nitrogen and oxygen atoms in total. The first-order valence-electron chi connectivity index (χ1n) is 8.06. The van der Waals surface area contributed by atoms with Gasteiger partial charge < -0.3 is 20.1 Å². The summed E-state index contributed by atoms with van der Waals surface area (Å²) >= 11 is 0. The topological polar surface area (TPSA) is 59.6 Å². The van der Waals surface area contributed by atoms with Gasteiger partial charge in [-0.3, -0.25) is 0 Å². The Morgan fingerprint density at radius 3 is 2.54 bits per heavy atom. The van der Waals surface area contributed by atoms with E-state index in [4.69, 9.17) is 9.47 Å². The number of rotatable bonds is 7. The molecule has 2 N–H and O–H groups in total. The van der Waals surface area contributed by atoms with Crippen LogP contribution >= 0.6 is 0 Å². The zero-order valence-electron chi connectivity index (χ0n) is 14.4. The molecule has 128 valence electrons. The molecule has 2 aromatic carbocycles. The lowest BCUT2D eigenvalue weighted by Crippen LogP contribution is -2.32. The molecule has 2 aromatic rings. The first-order chi connectivity index (χ1) is 11.6. The van der Waals surface area contributed by atoms with Gasteiger partial charge in [0.1, 0.15) is 18.1 Å². The van der Waals surface area contributed by atoms with Crippen LogP contribution < -0.4 is 20.1 Å². The molecule has 5 heteroatoms. The average Bonchev–Trinajstić information content (AvgIpc) is 2.56. The number of hydrogen-bond donors (Lipinski definition) is 2. The van der Waals surface area contributed by atoms with Gasteiger partial charge in [-0.15, -0.1) is 0 Å². The Bertz CT molecular complexity index is 686. The van der Waals surface area contributed by atoms with E-state index in [9.17, 15) is 4.79 Å². The maximum atomic E-state index is 11.9. The van der Waals surface area contributed by atoms with E-state index in [0.29, 0.717) is 19.8 Å². The van der Waals surface area contributed by atoms with E-state index in [1.807, 2.05) is 63.2 Å². The zero-order chi connectivity index (χ0) is 17.4. The molecule has 0 radical (unpaired) electrons. The summed E-state index contributed by atoms with van der Waals surface area (Å²) in [5.74, 6) is 1.49. The van der Waals surface area contributed by atoms with Crippen molar-refractivity contribution in [3.05, 3.63) is 53.6 Å². The van der Waals surface area contributed by atoms with Crippen molar-refractivity contribution in [2.75, 3.05) is 25.1 Å². The van der Waals surface area contributed by atoms with Crippen molar-refractivity contribution >= 4 is 11.7 Å². The summed E-state index contributed by atoms with van der Waals surface area (Å²) < 4.78 is 11.0. The third-order valence-corrected chi connectivity index (χ3v) is 3.41. The van der Waals surface area contributed by atoms with Crippen LogP contribution in [0.3, 0.4) is 0 Å². The molecular formula is C19H24N2O3. The van der Waals surface area contributed by atoms with Gasteiger partial charge in [0.2, 0.25) is 0 Å². The highest BCUT2D eigenvalue weighted by Crippen LogP contribution is 2.19. The summed E-state index contributed by atoms with van der Waals surface area (Å²) in [4.78, 5) is 11.9. The molecule has 0 aliphatic heterocycles. The lowest BCUT2D eigenvalue weighted by atomic mass is 10.1. The van der Waals surface area contributed by atoms with Crippen molar-refractivity contribution < 1.29 is 14.3 Å². The minimum atomic E-state index is -0.240. The molecule has 0 fully saturated rings. The third-order valence-electron chi connectivity index (χ3n) is 3.41. The number of amides is 2. The Morgan fingerprint density at radius 2 is 1.79 bits per heavy atom. The standard InChI is InChI=1S/C19H24N2O3/c1-4-23-16-6-5-7-17(13-16)24-11-10-20-19(22)21-18-12-14(2)8-9-15(18)3/h5-9,12-13H,4,10-11H2,1-3H3,(H2,20,21,22). The van der Waals surface area contributed by atoms with Gasteiger partial charge in [-0.25, -0.2) is 4.79 Å². The zero-order valence-corrected chi connectivity index (χ0v) is 14.4. The van der Waals surface area contributed by atoms with Gasteiger partial charge in [-0.1, -0.05) is 18.2 Å². The molecule has 0 atom stereocenters. The second-order valence-corrected chi connectivity index (χ2v) is 5.46. The Balaban J connectivity index is 1.75. The highest BCUT2D eigenvalue weighted by atomic mass is 16.5. The number of ether oxygens (including phenoxy) is 2. The lowest BCUT2D eigenvalue weighted by Gasteiger charge is -2.12. The monoisotopic (exact) mass is 328 g/mol. The van der Waals surface area contributed by atoms with E-state index in [1.54, 1.807) is 0 Å². The van der Waals surface area contributed by atoms with Crippen molar-refractivity contribution in [3.63, 3.8) is 0 Å². The van der Waals surface area contributed by atoms with E-state index in [0.717, 1.165) is 28.3 Å². The molecular weight excluding hydrogens is 304 g/mol. The highest BCUT2D eigenvalue weighted by molar-refractivity contribution is 5.90. The maximum Gasteiger partial charge on any atom is 0.319 e. The Labute approximate surface area is 143 Å². The maximum absolute atomic E-state index is 11.9. The Kier molecular flexibility index (Phi) is 6.49. The van der Waals surface area contributed by atoms with E-state index in [-0.39, 0.29) is 6.03 Å².